The van der Waals surface area contributed by atoms with Crippen molar-refractivity contribution in [2.75, 3.05) is 32.8 Å². The molecule has 0 spiro atoms. The van der Waals surface area contributed by atoms with Crippen LogP contribution in [0.3, 0.4) is 0 Å². The number of rotatable bonds is 3. The van der Waals surface area contributed by atoms with E-state index < -0.39 is 5.41 Å². The zero-order valence-corrected chi connectivity index (χ0v) is 16.9. The van der Waals surface area contributed by atoms with Crippen LogP contribution < -0.4 is 0 Å². The summed E-state index contributed by atoms with van der Waals surface area (Å²) in [5, 5.41) is 6.89. The highest BCUT2D eigenvalue weighted by Crippen LogP contribution is 2.43. The second-order valence-corrected chi connectivity index (χ2v) is 7.78. The van der Waals surface area contributed by atoms with Crippen molar-refractivity contribution >= 4 is 18.3 Å². The second kappa shape index (κ2) is 9.35. The molecule has 8 nitrogen and oxygen atoms in total. The molecule has 4 rings (SSSR count). The van der Waals surface area contributed by atoms with E-state index in [-0.39, 0.29) is 24.4 Å². The van der Waals surface area contributed by atoms with E-state index >= 15 is 0 Å². The third-order valence-corrected chi connectivity index (χ3v) is 6.16. The van der Waals surface area contributed by atoms with Crippen molar-refractivity contribution in [3.63, 3.8) is 0 Å². The normalized spacial score (nSPS) is 25.8. The van der Waals surface area contributed by atoms with E-state index in [1.54, 1.807) is 6.20 Å². The lowest BCUT2D eigenvalue weighted by molar-refractivity contribution is -0.148. The first-order valence-corrected chi connectivity index (χ1v) is 10.3. The molecule has 0 aliphatic carbocycles. The zero-order valence-electron chi connectivity index (χ0n) is 16.9. The van der Waals surface area contributed by atoms with Gasteiger partial charge in [0.25, 0.3) is 12.4 Å². The maximum Gasteiger partial charge on any atom is 0.290 e. The van der Waals surface area contributed by atoms with Gasteiger partial charge >= 0.3 is 0 Å². The van der Waals surface area contributed by atoms with E-state index in [4.69, 9.17) is 14.6 Å². The van der Waals surface area contributed by atoms with Crippen molar-refractivity contribution in [2.45, 2.75) is 45.1 Å². The van der Waals surface area contributed by atoms with Gasteiger partial charge in [0.1, 0.15) is 0 Å². The predicted molar refractivity (Wildman–Crippen MR) is 105 cm³/mol. The number of ether oxygens (including phenoxy) is 1. The van der Waals surface area contributed by atoms with E-state index in [1.165, 1.54) is 0 Å². The largest absolute Gasteiger partial charge is 0.483 e. The van der Waals surface area contributed by atoms with Gasteiger partial charge in [-0.15, -0.1) is 0 Å². The number of piperidine rings is 1. The molecule has 3 aliphatic rings. The van der Waals surface area contributed by atoms with Crippen molar-refractivity contribution in [2.24, 2.45) is 5.41 Å². The lowest BCUT2D eigenvalue weighted by Gasteiger charge is -2.44. The van der Waals surface area contributed by atoms with Crippen molar-refractivity contribution < 1.29 is 24.2 Å². The Kier molecular flexibility index (Phi) is 6.84. The van der Waals surface area contributed by atoms with Gasteiger partial charge in [-0.1, -0.05) is 6.92 Å². The summed E-state index contributed by atoms with van der Waals surface area (Å²) in [6, 6.07) is 3.75. The number of carboxylic acid groups (broad SMARTS) is 1. The Hall–Kier alpha value is -2.48. The van der Waals surface area contributed by atoms with Gasteiger partial charge in [-0.2, -0.15) is 0 Å². The number of aryl methyl sites for hydroxylation is 1. The molecule has 3 aliphatic heterocycles. The molecular formula is C21H29N3O5. The van der Waals surface area contributed by atoms with Gasteiger partial charge in [-0.05, 0) is 44.2 Å². The average Bonchev–Trinajstić information content (AvgIpc) is 3.43. The first kappa shape index (κ1) is 21.2. The SMILES string of the molecule is CCc1ccc(C(=O)N2CC[C@H]3OCC[C@@]3(C(=O)N3CCCC3)C2)cn1.O=CO. The highest BCUT2D eigenvalue weighted by atomic mass is 16.5. The summed E-state index contributed by atoms with van der Waals surface area (Å²) in [4.78, 5) is 42.8. The Morgan fingerprint density at radius 1 is 1.28 bits per heavy atom. The lowest BCUT2D eigenvalue weighted by atomic mass is 9.75. The molecule has 0 saturated carbocycles. The van der Waals surface area contributed by atoms with Crippen molar-refractivity contribution in [1.82, 2.24) is 14.8 Å². The molecule has 0 radical (unpaired) electrons. The lowest BCUT2D eigenvalue weighted by Crippen LogP contribution is -2.58. The second-order valence-electron chi connectivity index (χ2n) is 7.78. The number of carbonyl (C=O) groups excluding carboxylic acids is 2. The topological polar surface area (TPSA) is 100 Å². The maximum absolute atomic E-state index is 13.3. The van der Waals surface area contributed by atoms with Gasteiger partial charge in [-0.25, -0.2) is 0 Å². The molecule has 2 amide bonds. The van der Waals surface area contributed by atoms with Crippen LogP contribution >= 0.6 is 0 Å². The number of hydrogen-bond donors (Lipinski definition) is 1. The quantitative estimate of drug-likeness (QED) is 0.770. The summed E-state index contributed by atoms with van der Waals surface area (Å²) in [6.07, 6.45) is 6.05. The third-order valence-electron chi connectivity index (χ3n) is 6.16. The molecule has 3 fully saturated rings. The Morgan fingerprint density at radius 3 is 2.62 bits per heavy atom. The number of pyridine rings is 1. The summed E-state index contributed by atoms with van der Waals surface area (Å²) in [6.45, 7) is 5.17. The highest BCUT2D eigenvalue weighted by molar-refractivity contribution is 5.95. The van der Waals surface area contributed by atoms with E-state index in [2.05, 4.69) is 4.98 Å². The smallest absolute Gasteiger partial charge is 0.290 e. The summed E-state index contributed by atoms with van der Waals surface area (Å²) < 4.78 is 5.91. The van der Waals surface area contributed by atoms with E-state index in [0.29, 0.717) is 31.7 Å². The number of hydrogen-bond acceptors (Lipinski definition) is 5. The number of carbonyl (C=O) groups is 3. The molecule has 2 atom stereocenters. The van der Waals surface area contributed by atoms with Gasteiger partial charge in [0, 0.05) is 44.7 Å². The summed E-state index contributed by atoms with van der Waals surface area (Å²) >= 11 is 0. The van der Waals surface area contributed by atoms with E-state index in [1.807, 2.05) is 28.9 Å². The maximum atomic E-state index is 13.3. The molecule has 8 heteroatoms. The molecule has 0 bridgehead atoms. The fraction of sp³-hybridized carbons (Fsp3) is 0.619. The number of likely N-dealkylation sites (tertiary alicyclic amines) is 2. The average molecular weight is 403 g/mol. The fourth-order valence-electron chi connectivity index (χ4n) is 4.60. The van der Waals surface area contributed by atoms with Crippen LogP contribution in [0, 0.1) is 5.41 Å². The van der Waals surface area contributed by atoms with Crippen LogP contribution in [0.2, 0.25) is 0 Å². The van der Waals surface area contributed by atoms with Crippen LogP contribution in [-0.4, -0.2) is 77.1 Å². The van der Waals surface area contributed by atoms with Gasteiger partial charge in [-0.3, -0.25) is 19.4 Å². The number of aromatic nitrogens is 1. The molecule has 1 N–H and O–H groups in total. The fourth-order valence-corrected chi connectivity index (χ4v) is 4.60. The standard InChI is InChI=1S/C20H27N3O3.CH2O2/c1-2-16-6-5-15(13-21-16)18(24)23-11-7-17-20(14-23,8-12-26-17)19(25)22-9-3-4-10-22;2-1-3/h5-6,13,17H,2-4,7-12,14H2,1H3;1H,(H,2,3)/t17-,20-;/m1./s1. The Bertz CT molecular complexity index is 732. The van der Waals surface area contributed by atoms with Gasteiger partial charge in [0.05, 0.1) is 17.1 Å². The molecule has 0 unspecified atom stereocenters. The monoisotopic (exact) mass is 403 g/mol. The van der Waals surface area contributed by atoms with Crippen molar-refractivity contribution in [3.8, 4) is 0 Å². The number of nitrogens with zero attached hydrogens (tertiary/aromatic N) is 3. The number of amides is 2. The summed E-state index contributed by atoms with van der Waals surface area (Å²) in [7, 11) is 0. The molecule has 1 aromatic rings. The summed E-state index contributed by atoms with van der Waals surface area (Å²) in [5.74, 6) is 0.161. The minimum absolute atomic E-state index is 0.0286. The molecule has 0 aromatic carbocycles. The Labute approximate surface area is 170 Å². The van der Waals surface area contributed by atoms with Crippen LogP contribution in [-0.2, 0) is 20.7 Å². The number of fused-ring (bicyclic) bond motifs is 1. The molecule has 3 saturated heterocycles. The van der Waals surface area contributed by atoms with Crippen LogP contribution in [0.4, 0.5) is 0 Å². The van der Waals surface area contributed by atoms with Crippen LogP contribution in [0.25, 0.3) is 0 Å². The van der Waals surface area contributed by atoms with Crippen molar-refractivity contribution in [1.29, 1.82) is 0 Å². The minimum atomic E-state index is -0.560. The molecule has 29 heavy (non-hydrogen) atoms. The Morgan fingerprint density at radius 2 is 2.00 bits per heavy atom. The molecule has 1 aromatic heterocycles. The Balaban J connectivity index is 0.000000755. The zero-order chi connectivity index (χ0) is 20.9. The van der Waals surface area contributed by atoms with Crippen LogP contribution in [0.5, 0.6) is 0 Å². The van der Waals surface area contributed by atoms with E-state index in [0.717, 1.165) is 44.5 Å². The highest BCUT2D eigenvalue weighted by Gasteiger charge is 2.55. The van der Waals surface area contributed by atoms with Crippen LogP contribution in [0.15, 0.2) is 18.3 Å². The van der Waals surface area contributed by atoms with Crippen molar-refractivity contribution in [3.05, 3.63) is 29.6 Å². The van der Waals surface area contributed by atoms with Gasteiger partial charge in [0.2, 0.25) is 5.91 Å². The first-order valence-electron chi connectivity index (χ1n) is 10.3. The molecular weight excluding hydrogens is 374 g/mol. The predicted octanol–water partition coefficient (Wildman–Crippen LogP) is 1.59. The molecule has 158 valence electrons. The summed E-state index contributed by atoms with van der Waals surface area (Å²) in [5.41, 5.74) is 1.02. The first-order chi connectivity index (χ1) is 14.1. The van der Waals surface area contributed by atoms with Gasteiger partial charge < -0.3 is 19.6 Å². The minimum Gasteiger partial charge on any atom is -0.483 e. The van der Waals surface area contributed by atoms with Crippen LogP contribution in [0.1, 0.15) is 48.7 Å². The molecule has 4 heterocycles. The van der Waals surface area contributed by atoms with E-state index in [9.17, 15) is 9.59 Å². The van der Waals surface area contributed by atoms with Gasteiger partial charge in [0.15, 0.2) is 0 Å². The third kappa shape index (κ3) is 4.27.